The number of sulfone groups is 1. The third-order valence-corrected chi connectivity index (χ3v) is 4.20. The van der Waals surface area contributed by atoms with Gasteiger partial charge in [0, 0.05) is 11.8 Å². The molecule has 1 aromatic rings. The molecule has 1 fully saturated rings. The van der Waals surface area contributed by atoms with Crippen LogP contribution < -0.4 is 4.74 Å². The van der Waals surface area contributed by atoms with Gasteiger partial charge in [0.05, 0.1) is 12.0 Å². The van der Waals surface area contributed by atoms with E-state index in [1.165, 1.54) is 19.2 Å². The van der Waals surface area contributed by atoms with E-state index in [0.717, 1.165) is 24.7 Å². The highest BCUT2D eigenvalue weighted by Crippen LogP contribution is 2.52. The van der Waals surface area contributed by atoms with Crippen LogP contribution in [0.4, 0.5) is 0 Å². The van der Waals surface area contributed by atoms with Gasteiger partial charge in [0.25, 0.3) is 0 Å². The number of benzene rings is 1. The molecule has 0 heterocycles. The molecule has 6 heteroatoms. The third kappa shape index (κ3) is 2.17. The summed E-state index contributed by atoms with van der Waals surface area (Å²) in [7, 11) is -1.81. The fraction of sp³-hybridized carbons (Fsp3) is 0.417. The molecular weight excluding hydrogens is 254 g/mol. The van der Waals surface area contributed by atoms with E-state index in [1.54, 1.807) is 12.1 Å². The van der Waals surface area contributed by atoms with Crippen molar-refractivity contribution in [1.29, 1.82) is 0 Å². The second-order valence-electron chi connectivity index (χ2n) is 4.37. The molecule has 0 radical (unpaired) electrons. The smallest absolute Gasteiger partial charge is 0.235 e. The molecular formula is C12H13NO4S. The highest BCUT2D eigenvalue weighted by molar-refractivity contribution is 7.90. The molecule has 1 saturated carbocycles. The molecule has 0 bridgehead atoms. The van der Waals surface area contributed by atoms with E-state index < -0.39 is 15.4 Å². The van der Waals surface area contributed by atoms with Gasteiger partial charge in [-0.2, -0.15) is 4.99 Å². The van der Waals surface area contributed by atoms with Crippen LogP contribution in [0, 0.1) is 0 Å². The van der Waals surface area contributed by atoms with Gasteiger partial charge in [0.2, 0.25) is 6.08 Å². The van der Waals surface area contributed by atoms with Crippen LogP contribution in [0.2, 0.25) is 0 Å². The second kappa shape index (κ2) is 4.23. The summed E-state index contributed by atoms with van der Waals surface area (Å²) < 4.78 is 28.1. The number of nitrogens with zero attached hydrogens (tertiary/aromatic N) is 1. The molecule has 0 atom stereocenters. The Morgan fingerprint density at radius 3 is 2.50 bits per heavy atom. The van der Waals surface area contributed by atoms with E-state index in [1.807, 2.05) is 0 Å². The number of carbonyl (C=O) groups excluding carboxylic acids is 1. The van der Waals surface area contributed by atoms with Crippen molar-refractivity contribution in [3.8, 4) is 5.75 Å². The number of aliphatic imine (C=N–C) groups is 1. The van der Waals surface area contributed by atoms with Crippen molar-refractivity contribution in [3.05, 3.63) is 23.8 Å². The Labute approximate surface area is 105 Å². The van der Waals surface area contributed by atoms with Crippen LogP contribution in [0.15, 0.2) is 28.1 Å². The number of rotatable bonds is 4. The van der Waals surface area contributed by atoms with Crippen molar-refractivity contribution in [2.24, 2.45) is 4.99 Å². The SMILES string of the molecule is COc1cc(S(C)(=O)=O)ccc1C1(N=C=O)CC1. The van der Waals surface area contributed by atoms with Crippen molar-refractivity contribution in [3.63, 3.8) is 0 Å². The maximum Gasteiger partial charge on any atom is 0.235 e. The van der Waals surface area contributed by atoms with Crippen molar-refractivity contribution in [2.45, 2.75) is 23.3 Å². The number of hydrogen-bond acceptors (Lipinski definition) is 5. The minimum atomic E-state index is -3.28. The molecule has 0 aliphatic heterocycles. The van der Waals surface area contributed by atoms with Crippen molar-refractivity contribution in [2.75, 3.05) is 13.4 Å². The lowest BCUT2D eigenvalue weighted by Gasteiger charge is -2.14. The van der Waals surface area contributed by atoms with Gasteiger partial charge in [-0.3, -0.25) is 0 Å². The molecule has 0 aromatic heterocycles. The van der Waals surface area contributed by atoms with Gasteiger partial charge in [0.1, 0.15) is 11.3 Å². The Bertz CT molecular complexity index is 625. The average molecular weight is 267 g/mol. The first-order valence-corrected chi connectivity index (χ1v) is 7.30. The maximum atomic E-state index is 11.5. The summed E-state index contributed by atoms with van der Waals surface area (Å²) in [5.74, 6) is 0.439. The van der Waals surface area contributed by atoms with Crippen LogP contribution in [0.3, 0.4) is 0 Å². The standard InChI is InChI=1S/C12H13NO4S/c1-17-11-7-9(18(2,15)16)3-4-10(11)12(5-6-12)13-8-14/h3-4,7H,5-6H2,1-2H3. The fourth-order valence-corrected chi connectivity index (χ4v) is 2.57. The lowest BCUT2D eigenvalue weighted by atomic mass is 10.0. The zero-order valence-corrected chi connectivity index (χ0v) is 11.0. The van der Waals surface area contributed by atoms with Gasteiger partial charge < -0.3 is 4.74 Å². The zero-order valence-electron chi connectivity index (χ0n) is 10.1. The van der Waals surface area contributed by atoms with Crippen LogP contribution in [0.1, 0.15) is 18.4 Å². The number of hydrogen-bond donors (Lipinski definition) is 0. The Kier molecular flexibility index (Phi) is 3.00. The van der Waals surface area contributed by atoms with E-state index in [2.05, 4.69) is 4.99 Å². The number of isocyanates is 1. The lowest BCUT2D eigenvalue weighted by Crippen LogP contribution is -2.07. The number of ether oxygens (including phenoxy) is 1. The maximum absolute atomic E-state index is 11.5. The molecule has 0 spiro atoms. The first kappa shape index (κ1) is 12.8. The normalized spacial score (nSPS) is 16.8. The van der Waals surface area contributed by atoms with E-state index >= 15 is 0 Å². The number of methoxy groups -OCH3 is 1. The summed E-state index contributed by atoms with van der Waals surface area (Å²) in [5, 5.41) is 0. The molecule has 0 amide bonds. The van der Waals surface area contributed by atoms with E-state index in [-0.39, 0.29) is 4.90 Å². The van der Waals surface area contributed by atoms with E-state index in [9.17, 15) is 13.2 Å². The summed E-state index contributed by atoms with van der Waals surface area (Å²) >= 11 is 0. The Morgan fingerprint density at radius 1 is 1.39 bits per heavy atom. The predicted molar refractivity (Wildman–Crippen MR) is 65.1 cm³/mol. The summed E-state index contributed by atoms with van der Waals surface area (Å²) in [5.41, 5.74) is 0.170. The largest absolute Gasteiger partial charge is 0.496 e. The van der Waals surface area contributed by atoms with Crippen LogP contribution in [-0.4, -0.2) is 27.9 Å². The van der Waals surface area contributed by atoms with Crippen LogP contribution >= 0.6 is 0 Å². The third-order valence-electron chi connectivity index (χ3n) is 3.09. The highest BCUT2D eigenvalue weighted by atomic mass is 32.2. The molecule has 1 aliphatic carbocycles. The van der Waals surface area contributed by atoms with Gasteiger partial charge in [-0.25, -0.2) is 13.2 Å². The summed E-state index contributed by atoms with van der Waals surface area (Å²) in [4.78, 5) is 14.4. The van der Waals surface area contributed by atoms with Gasteiger partial charge >= 0.3 is 0 Å². The molecule has 1 aliphatic rings. The minimum Gasteiger partial charge on any atom is -0.496 e. The minimum absolute atomic E-state index is 0.189. The molecule has 0 saturated heterocycles. The Balaban J connectivity index is 2.55. The van der Waals surface area contributed by atoms with Crippen LogP contribution in [0.5, 0.6) is 5.75 Å². The zero-order chi connectivity index (χ0) is 13.4. The second-order valence-corrected chi connectivity index (χ2v) is 6.38. The van der Waals surface area contributed by atoms with Crippen LogP contribution in [-0.2, 0) is 20.2 Å². The highest BCUT2D eigenvalue weighted by Gasteiger charge is 2.46. The molecule has 18 heavy (non-hydrogen) atoms. The average Bonchev–Trinajstić information content (AvgIpc) is 3.08. The van der Waals surface area contributed by atoms with Gasteiger partial charge in [-0.15, -0.1) is 0 Å². The molecule has 2 rings (SSSR count). The van der Waals surface area contributed by atoms with Gasteiger partial charge in [0.15, 0.2) is 9.84 Å². The van der Waals surface area contributed by atoms with Gasteiger partial charge in [-0.1, -0.05) is 6.07 Å². The van der Waals surface area contributed by atoms with E-state index in [4.69, 9.17) is 4.74 Å². The summed E-state index contributed by atoms with van der Waals surface area (Å²) in [6.45, 7) is 0. The van der Waals surface area contributed by atoms with Crippen molar-refractivity contribution < 1.29 is 17.9 Å². The predicted octanol–water partition coefficient (Wildman–Crippen LogP) is 1.42. The van der Waals surface area contributed by atoms with Crippen molar-refractivity contribution >= 4 is 15.9 Å². The molecule has 1 aromatic carbocycles. The lowest BCUT2D eigenvalue weighted by molar-refractivity contribution is 0.403. The first-order chi connectivity index (χ1) is 8.43. The summed E-state index contributed by atoms with van der Waals surface area (Å²) in [6.07, 6.45) is 4.20. The molecule has 0 N–H and O–H groups in total. The quantitative estimate of drug-likeness (QED) is 0.611. The topological polar surface area (TPSA) is 72.8 Å². The summed E-state index contributed by atoms with van der Waals surface area (Å²) in [6, 6.07) is 4.63. The monoisotopic (exact) mass is 267 g/mol. The molecule has 0 unspecified atom stereocenters. The first-order valence-electron chi connectivity index (χ1n) is 5.40. The van der Waals surface area contributed by atoms with Gasteiger partial charge in [-0.05, 0) is 25.0 Å². The molecule has 5 nitrogen and oxygen atoms in total. The van der Waals surface area contributed by atoms with E-state index in [0.29, 0.717) is 5.75 Å². The molecule has 96 valence electrons. The Hall–Kier alpha value is -1.65. The Morgan fingerprint density at radius 2 is 2.06 bits per heavy atom. The van der Waals surface area contributed by atoms with Crippen LogP contribution in [0.25, 0.3) is 0 Å². The van der Waals surface area contributed by atoms with Crippen molar-refractivity contribution in [1.82, 2.24) is 0 Å². The fourth-order valence-electron chi connectivity index (χ4n) is 1.93.